The predicted octanol–water partition coefficient (Wildman–Crippen LogP) is 6.08. The second-order valence-corrected chi connectivity index (χ2v) is 9.10. The third-order valence-corrected chi connectivity index (χ3v) is 6.31. The summed E-state index contributed by atoms with van der Waals surface area (Å²) in [6.07, 6.45) is 2.59. The lowest BCUT2D eigenvalue weighted by molar-refractivity contribution is 0.0948. The van der Waals surface area contributed by atoms with Crippen molar-refractivity contribution < 1.29 is 9.18 Å². The number of carbonyl (C=O) groups excluding carboxylic acids is 1. The molecule has 1 heterocycles. The number of amides is 1. The number of halogens is 1. The van der Waals surface area contributed by atoms with Gasteiger partial charge in [0.25, 0.3) is 5.91 Å². The lowest BCUT2D eigenvalue weighted by Crippen LogP contribution is -2.25. The minimum Gasteiger partial charge on any atom is -0.348 e. The highest BCUT2D eigenvalue weighted by Gasteiger charge is 2.30. The molecule has 0 fully saturated rings. The minimum atomic E-state index is -0.248. The molecule has 2 aromatic carbocycles. The van der Waals surface area contributed by atoms with E-state index in [2.05, 4.69) is 54.6 Å². The summed E-state index contributed by atoms with van der Waals surface area (Å²) in [7, 11) is 0. The number of benzene rings is 2. The van der Waals surface area contributed by atoms with Gasteiger partial charge in [-0.15, -0.1) is 0 Å². The number of carbonyl (C=O) groups is 1. The molecule has 32 heavy (non-hydrogen) atoms. The first kappa shape index (κ1) is 22.1. The molecule has 0 spiro atoms. The number of rotatable bonds is 6. The Hall–Kier alpha value is -3.14. The maximum absolute atomic E-state index is 13.9. The normalized spacial score (nSPS) is 13.3. The summed E-state index contributed by atoms with van der Waals surface area (Å²) in [6, 6.07) is 15.5. The first-order valence-corrected chi connectivity index (χ1v) is 11.3. The van der Waals surface area contributed by atoms with Crippen molar-refractivity contribution in [3.63, 3.8) is 0 Å². The first-order valence-electron chi connectivity index (χ1n) is 11.3. The van der Waals surface area contributed by atoms with Crippen molar-refractivity contribution in [1.29, 1.82) is 0 Å². The van der Waals surface area contributed by atoms with Crippen LogP contribution in [0, 0.1) is 12.7 Å². The van der Waals surface area contributed by atoms with Crippen molar-refractivity contribution in [1.82, 2.24) is 9.88 Å². The first-order chi connectivity index (χ1) is 15.3. The average molecular weight is 431 g/mol. The van der Waals surface area contributed by atoms with Gasteiger partial charge < -0.3 is 9.88 Å². The summed E-state index contributed by atoms with van der Waals surface area (Å²) < 4.78 is 16.3. The van der Waals surface area contributed by atoms with Gasteiger partial charge in [0.05, 0.1) is 5.56 Å². The summed E-state index contributed by atoms with van der Waals surface area (Å²) in [5, 5.41) is 3.05. The van der Waals surface area contributed by atoms with E-state index in [1.165, 1.54) is 22.9 Å². The van der Waals surface area contributed by atoms with Crippen LogP contribution in [0.25, 0.3) is 0 Å². The maximum Gasteiger partial charge on any atom is 0.253 e. The number of fused-ring (bicyclic) bond motifs is 1. The van der Waals surface area contributed by atoms with E-state index >= 15 is 0 Å². The highest BCUT2D eigenvalue weighted by Crippen LogP contribution is 2.36. The van der Waals surface area contributed by atoms with Gasteiger partial charge in [-0.1, -0.05) is 68.5 Å². The standard InChI is InChI=1S/C28H31FN2O/c1-18(2)27-26(28(32)30-16-22-12-11-20(4)24(29)15-22)23-14-19(3)10-13-25(23)31(27)17-21-8-6-5-7-9-21/h5-9,11-12,15,18H,3,10,13-14,16-17H2,1-2,4H3,(H,30,32). The number of allylic oxidation sites excluding steroid dienone is 1. The molecule has 0 radical (unpaired) electrons. The third-order valence-electron chi connectivity index (χ3n) is 6.31. The molecule has 0 atom stereocenters. The molecule has 0 bridgehead atoms. The van der Waals surface area contributed by atoms with Crippen LogP contribution < -0.4 is 5.32 Å². The topological polar surface area (TPSA) is 34.0 Å². The van der Waals surface area contributed by atoms with Gasteiger partial charge in [-0.2, -0.15) is 0 Å². The fourth-order valence-corrected chi connectivity index (χ4v) is 4.67. The highest BCUT2D eigenvalue weighted by molar-refractivity contribution is 5.98. The van der Waals surface area contributed by atoms with Crippen molar-refractivity contribution in [2.75, 3.05) is 0 Å². The van der Waals surface area contributed by atoms with Crippen molar-refractivity contribution in [2.24, 2.45) is 0 Å². The molecule has 1 aliphatic carbocycles. The number of nitrogens with zero attached hydrogens (tertiary/aromatic N) is 1. The molecule has 0 unspecified atom stereocenters. The van der Waals surface area contributed by atoms with E-state index in [0.29, 0.717) is 12.1 Å². The van der Waals surface area contributed by atoms with Crippen LogP contribution in [0.3, 0.4) is 0 Å². The van der Waals surface area contributed by atoms with Crippen LogP contribution in [0.15, 0.2) is 60.7 Å². The van der Waals surface area contributed by atoms with Crippen LogP contribution in [-0.2, 0) is 25.9 Å². The van der Waals surface area contributed by atoms with Crippen LogP contribution >= 0.6 is 0 Å². The largest absolute Gasteiger partial charge is 0.348 e. The third kappa shape index (κ3) is 4.40. The van der Waals surface area contributed by atoms with Gasteiger partial charge in [0.15, 0.2) is 0 Å². The van der Waals surface area contributed by atoms with Gasteiger partial charge in [-0.3, -0.25) is 4.79 Å². The smallest absolute Gasteiger partial charge is 0.253 e. The average Bonchev–Trinajstić information content (AvgIpc) is 3.08. The predicted molar refractivity (Wildman–Crippen MR) is 128 cm³/mol. The Balaban J connectivity index is 1.72. The van der Waals surface area contributed by atoms with Gasteiger partial charge in [0.1, 0.15) is 5.82 Å². The maximum atomic E-state index is 13.9. The molecular weight excluding hydrogens is 399 g/mol. The van der Waals surface area contributed by atoms with Crippen molar-refractivity contribution in [3.8, 4) is 0 Å². The fourth-order valence-electron chi connectivity index (χ4n) is 4.67. The van der Waals surface area contributed by atoms with Crippen LogP contribution in [-0.4, -0.2) is 10.5 Å². The quantitative estimate of drug-likeness (QED) is 0.472. The summed E-state index contributed by atoms with van der Waals surface area (Å²) in [4.78, 5) is 13.5. The van der Waals surface area contributed by atoms with Gasteiger partial charge in [0.2, 0.25) is 0 Å². The number of nitrogens with one attached hydrogen (secondary N) is 1. The molecule has 166 valence electrons. The zero-order chi connectivity index (χ0) is 22.8. The lowest BCUT2D eigenvalue weighted by Gasteiger charge is -2.19. The Morgan fingerprint density at radius 2 is 1.88 bits per heavy atom. The second kappa shape index (κ2) is 9.15. The summed E-state index contributed by atoms with van der Waals surface area (Å²) >= 11 is 0. The molecule has 1 aromatic heterocycles. The molecular formula is C28H31FN2O. The molecule has 1 amide bonds. The molecule has 0 saturated heterocycles. The Labute approximate surface area is 190 Å². The van der Waals surface area contributed by atoms with Gasteiger partial charge in [-0.05, 0) is 60.4 Å². The van der Waals surface area contributed by atoms with E-state index in [-0.39, 0.29) is 17.6 Å². The summed E-state index contributed by atoms with van der Waals surface area (Å²) in [5.41, 5.74) is 7.95. The van der Waals surface area contributed by atoms with Crippen LogP contribution in [0.5, 0.6) is 0 Å². The van der Waals surface area contributed by atoms with Crippen LogP contribution in [0.4, 0.5) is 4.39 Å². The van der Waals surface area contributed by atoms with Crippen molar-refractivity contribution in [3.05, 3.63) is 106 Å². The van der Waals surface area contributed by atoms with E-state index in [4.69, 9.17) is 0 Å². The van der Waals surface area contributed by atoms with E-state index in [1.54, 1.807) is 13.0 Å². The SMILES string of the molecule is C=C1CCc2c(c(C(=O)NCc3ccc(C)c(F)c3)c(C(C)C)n2Cc2ccccc2)C1. The zero-order valence-electron chi connectivity index (χ0n) is 19.2. The molecule has 1 N–H and O–H groups in total. The number of hydrogen-bond donors (Lipinski definition) is 1. The van der Waals surface area contributed by atoms with Crippen molar-refractivity contribution >= 4 is 5.91 Å². The summed E-state index contributed by atoms with van der Waals surface area (Å²) in [6.45, 7) is 11.3. The van der Waals surface area contributed by atoms with Gasteiger partial charge >= 0.3 is 0 Å². The van der Waals surface area contributed by atoms with E-state index < -0.39 is 0 Å². The molecule has 4 heteroatoms. The molecule has 3 aromatic rings. The Morgan fingerprint density at radius 1 is 1.12 bits per heavy atom. The van der Waals surface area contributed by atoms with Crippen molar-refractivity contribution in [2.45, 2.75) is 59.0 Å². The second-order valence-electron chi connectivity index (χ2n) is 9.10. The van der Waals surface area contributed by atoms with E-state index in [0.717, 1.165) is 48.2 Å². The monoisotopic (exact) mass is 430 g/mol. The van der Waals surface area contributed by atoms with E-state index in [1.807, 2.05) is 12.1 Å². The zero-order valence-corrected chi connectivity index (χ0v) is 19.2. The highest BCUT2D eigenvalue weighted by atomic mass is 19.1. The Kier molecular flexibility index (Phi) is 6.31. The van der Waals surface area contributed by atoms with Crippen LogP contribution in [0.2, 0.25) is 0 Å². The van der Waals surface area contributed by atoms with E-state index in [9.17, 15) is 9.18 Å². The Bertz CT molecular complexity index is 1160. The molecule has 0 saturated carbocycles. The number of aryl methyl sites for hydroxylation is 1. The minimum absolute atomic E-state index is 0.0903. The molecule has 0 aliphatic heterocycles. The number of aromatic nitrogens is 1. The summed E-state index contributed by atoms with van der Waals surface area (Å²) in [5.74, 6) is -0.148. The van der Waals surface area contributed by atoms with Crippen LogP contribution in [0.1, 0.15) is 70.2 Å². The molecule has 4 rings (SSSR count). The molecule has 1 aliphatic rings. The van der Waals surface area contributed by atoms with Gasteiger partial charge in [-0.25, -0.2) is 4.39 Å². The fraction of sp³-hybridized carbons (Fsp3) is 0.321. The van der Waals surface area contributed by atoms with Gasteiger partial charge in [0, 0.05) is 24.5 Å². The lowest BCUT2D eigenvalue weighted by atomic mass is 9.90. The Morgan fingerprint density at radius 3 is 2.56 bits per heavy atom. The number of hydrogen-bond acceptors (Lipinski definition) is 1. The molecule has 3 nitrogen and oxygen atoms in total.